The van der Waals surface area contributed by atoms with Crippen LogP contribution in [0.15, 0.2) is 0 Å². The monoisotopic (exact) mass is 202 g/mol. The number of hydrogen-bond acceptors (Lipinski definition) is 2. The molecule has 1 unspecified atom stereocenters. The van der Waals surface area contributed by atoms with Crippen LogP contribution < -0.4 is 0 Å². The van der Waals surface area contributed by atoms with E-state index in [1.54, 1.807) is 0 Å². The van der Waals surface area contributed by atoms with Gasteiger partial charge in [-0.3, -0.25) is 4.79 Å². The first-order chi connectivity index (χ1) is 5.55. The van der Waals surface area contributed by atoms with Crippen LogP contribution in [0.4, 0.5) is 0 Å². The topological polar surface area (TPSA) is 37.3 Å². The lowest BCUT2D eigenvalue weighted by Gasteiger charge is -2.27. The zero-order valence-electron chi connectivity index (χ0n) is 9.64. The molecular weight excluding hydrogens is 176 g/mol. The summed E-state index contributed by atoms with van der Waals surface area (Å²) in [5.74, 6) is 0.120. The van der Waals surface area contributed by atoms with Crippen LogP contribution in [-0.4, -0.2) is 17.0 Å². The second-order valence-corrected chi connectivity index (χ2v) is 5.76. The molecule has 0 rings (SSSR count). The fraction of sp³-hybridized carbons (Fsp3) is 0.917. The lowest BCUT2D eigenvalue weighted by atomic mass is 9.81. The van der Waals surface area contributed by atoms with E-state index in [1.807, 2.05) is 41.5 Å². The van der Waals surface area contributed by atoms with E-state index in [4.69, 9.17) is 0 Å². The highest BCUT2D eigenvalue weighted by atomic mass is 16.3. The Morgan fingerprint density at radius 3 is 1.71 bits per heavy atom. The minimum atomic E-state index is -0.542. The average Bonchev–Trinajstić information content (AvgIpc) is 1.82. The summed E-state index contributed by atoms with van der Waals surface area (Å²) in [6, 6.07) is 0. The number of aliphatic hydroxyl groups excluding tert-OH is 1. The molecule has 0 fully saturated rings. The van der Waals surface area contributed by atoms with E-state index in [9.17, 15) is 9.90 Å². The Morgan fingerprint density at radius 1 is 1.14 bits per heavy atom. The van der Waals surface area contributed by atoms with Gasteiger partial charge in [-0.1, -0.05) is 49.0 Å². The van der Waals surface area contributed by atoms with Gasteiger partial charge in [-0.2, -0.15) is 0 Å². The normalized spacial score (nSPS) is 14.5. The first-order valence-corrected chi connectivity index (χ1v) is 4.76. The standard InChI is InChI=1S/C11H22O2.CH4/c1-10(2,3)8(12)7-9(13)11(4,5)6;/h8,12H,7H2,1-6H3;1H4. The zero-order chi connectivity index (χ0) is 10.9. The van der Waals surface area contributed by atoms with E-state index in [0.29, 0.717) is 0 Å². The molecule has 0 aliphatic carbocycles. The molecule has 0 saturated carbocycles. The first-order valence-electron chi connectivity index (χ1n) is 4.76. The summed E-state index contributed by atoms with van der Waals surface area (Å²) < 4.78 is 0. The minimum Gasteiger partial charge on any atom is -0.392 e. The van der Waals surface area contributed by atoms with Gasteiger partial charge in [0, 0.05) is 11.8 Å². The number of ketones is 1. The largest absolute Gasteiger partial charge is 0.392 e. The molecule has 0 radical (unpaired) electrons. The number of hydrogen-bond donors (Lipinski definition) is 1. The van der Waals surface area contributed by atoms with Crippen molar-refractivity contribution in [1.82, 2.24) is 0 Å². The van der Waals surface area contributed by atoms with Gasteiger partial charge in [-0.25, -0.2) is 0 Å². The SMILES string of the molecule is C.CC(C)(C)C(=O)CC(O)C(C)(C)C. The van der Waals surface area contributed by atoms with E-state index in [1.165, 1.54) is 0 Å². The van der Waals surface area contributed by atoms with Gasteiger partial charge < -0.3 is 5.11 Å². The van der Waals surface area contributed by atoms with Gasteiger partial charge in [0.2, 0.25) is 0 Å². The highest BCUT2D eigenvalue weighted by Gasteiger charge is 2.29. The number of Topliss-reactive ketones (excluding diaryl/α,β-unsaturated/α-hetero) is 1. The maximum absolute atomic E-state index is 11.6. The summed E-state index contributed by atoms with van der Waals surface area (Å²) in [7, 11) is 0. The van der Waals surface area contributed by atoms with Crippen molar-refractivity contribution in [1.29, 1.82) is 0 Å². The van der Waals surface area contributed by atoms with Gasteiger partial charge in [0.1, 0.15) is 5.78 Å². The third-order valence-corrected chi connectivity index (χ3v) is 2.21. The molecule has 0 aromatic heterocycles. The van der Waals surface area contributed by atoms with Gasteiger partial charge in [0.05, 0.1) is 6.10 Å². The summed E-state index contributed by atoms with van der Waals surface area (Å²) in [6.07, 6.45) is -0.285. The summed E-state index contributed by atoms with van der Waals surface area (Å²) in [4.78, 5) is 11.6. The van der Waals surface area contributed by atoms with Gasteiger partial charge in [-0.05, 0) is 5.41 Å². The lowest BCUT2D eigenvalue weighted by molar-refractivity contribution is -0.129. The third-order valence-electron chi connectivity index (χ3n) is 2.21. The number of carbonyl (C=O) groups excluding carboxylic acids is 1. The van der Waals surface area contributed by atoms with Crippen LogP contribution in [0.1, 0.15) is 55.4 Å². The van der Waals surface area contributed by atoms with Crippen LogP contribution in [0, 0.1) is 10.8 Å². The van der Waals surface area contributed by atoms with Crippen LogP contribution in [0.5, 0.6) is 0 Å². The van der Waals surface area contributed by atoms with Gasteiger partial charge in [0.15, 0.2) is 0 Å². The van der Waals surface area contributed by atoms with Crippen molar-refractivity contribution in [3.8, 4) is 0 Å². The van der Waals surface area contributed by atoms with Crippen molar-refractivity contribution in [3.63, 3.8) is 0 Å². The Labute approximate surface area is 88.7 Å². The maximum atomic E-state index is 11.6. The van der Waals surface area contributed by atoms with Gasteiger partial charge in [-0.15, -0.1) is 0 Å². The fourth-order valence-corrected chi connectivity index (χ4v) is 0.788. The van der Waals surface area contributed by atoms with E-state index in [0.717, 1.165) is 0 Å². The molecule has 14 heavy (non-hydrogen) atoms. The van der Waals surface area contributed by atoms with Crippen LogP contribution in [-0.2, 0) is 4.79 Å². The predicted octanol–water partition coefficient (Wildman–Crippen LogP) is 3.03. The Balaban J connectivity index is 0. The molecule has 2 nitrogen and oxygen atoms in total. The molecule has 0 aliphatic rings. The van der Waals surface area contributed by atoms with E-state index < -0.39 is 6.10 Å². The molecule has 2 heteroatoms. The minimum absolute atomic E-state index is 0. The van der Waals surface area contributed by atoms with E-state index in [-0.39, 0.29) is 30.5 Å². The van der Waals surface area contributed by atoms with E-state index in [2.05, 4.69) is 0 Å². The van der Waals surface area contributed by atoms with Crippen molar-refractivity contribution in [2.45, 2.75) is 61.5 Å². The second kappa shape index (κ2) is 4.92. The second-order valence-electron chi connectivity index (χ2n) is 5.76. The summed E-state index contributed by atoms with van der Waals surface area (Å²) in [5, 5.41) is 9.70. The molecule has 0 aromatic rings. The summed E-state index contributed by atoms with van der Waals surface area (Å²) in [5.41, 5.74) is -0.548. The Hall–Kier alpha value is -0.370. The first kappa shape index (κ1) is 16.1. The smallest absolute Gasteiger partial charge is 0.140 e. The molecule has 1 N–H and O–H groups in total. The molecule has 86 valence electrons. The van der Waals surface area contributed by atoms with Crippen LogP contribution >= 0.6 is 0 Å². The van der Waals surface area contributed by atoms with Crippen molar-refractivity contribution in [2.75, 3.05) is 0 Å². The maximum Gasteiger partial charge on any atom is 0.140 e. The van der Waals surface area contributed by atoms with Crippen molar-refractivity contribution < 1.29 is 9.90 Å². The Morgan fingerprint density at radius 2 is 1.50 bits per heavy atom. The van der Waals surface area contributed by atoms with Crippen LogP contribution in [0.2, 0.25) is 0 Å². The van der Waals surface area contributed by atoms with Crippen molar-refractivity contribution in [2.24, 2.45) is 10.8 Å². The fourth-order valence-electron chi connectivity index (χ4n) is 0.788. The van der Waals surface area contributed by atoms with Crippen LogP contribution in [0.3, 0.4) is 0 Å². The van der Waals surface area contributed by atoms with Crippen molar-refractivity contribution in [3.05, 3.63) is 0 Å². The molecule has 0 spiro atoms. The van der Waals surface area contributed by atoms with Crippen molar-refractivity contribution >= 4 is 5.78 Å². The Bertz CT molecular complexity index is 181. The molecule has 0 aromatic carbocycles. The zero-order valence-corrected chi connectivity index (χ0v) is 9.64. The lowest BCUT2D eigenvalue weighted by Crippen LogP contribution is -2.32. The van der Waals surface area contributed by atoms with E-state index >= 15 is 0 Å². The summed E-state index contributed by atoms with van der Waals surface area (Å²) >= 11 is 0. The molecule has 0 aliphatic heterocycles. The average molecular weight is 202 g/mol. The van der Waals surface area contributed by atoms with Crippen LogP contribution in [0.25, 0.3) is 0 Å². The highest BCUT2D eigenvalue weighted by Crippen LogP contribution is 2.25. The molecule has 0 bridgehead atoms. The molecular formula is C12H26O2. The molecule has 0 saturated heterocycles. The quantitative estimate of drug-likeness (QED) is 0.747. The van der Waals surface area contributed by atoms with Gasteiger partial charge >= 0.3 is 0 Å². The Kier molecular flexibility index (Phi) is 5.65. The third kappa shape index (κ3) is 5.38. The summed E-state index contributed by atoms with van der Waals surface area (Å²) in [6.45, 7) is 11.5. The number of carbonyl (C=O) groups is 1. The molecule has 0 heterocycles. The highest BCUT2D eigenvalue weighted by molar-refractivity contribution is 5.84. The molecule has 1 atom stereocenters. The molecule has 0 amide bonds. The van der Waals surface area contributed by atoms with Gasteiger partial charge in [0.25, 0.3) is 0 Å². The number of aliphatic hydroxyl groups is 1. The number of rotatable bonds is 2. The predicted molar refractivity (Wildman–Crippen MR) is 61.3 cm³/mol.